The van der Waals surface area contributed by atoms with Gasteiger partial charge in [0.25, 0.3) is 0 Å². The molecule has 0 saturated carbocycles. The maximum Gasteiger partial charge on any atom is 0.0946 e. The first-order chi connectivity index (χ1) is 8.83. The lowest BCUT2D eigenvalue weighted by atomic mass is 9.94. The standard InChI is InChI=1S/C13H16ClN3S/c14-13-8-10-11(2-1-3-12(10)18-13)16-5-7-17-6-4-15-9-17/h4,6,8-9,11,16H,1-3,5,7H2. The van der Waals surface area contributed by atoms with Crippen LogP contribution in [0.5, 0.6) is 0 Å². The first-order valence-corrected chi connectivity index (χ1v) is 7.49. The number of nitrogens with one attached hydrogen (secondary N) is 1. The van der Waals surface area contributed by atoms with Gasteiger partial charge in [0, 0.05) is 36.4 Å². The highest BCUT2D eigenvalue weighted by Crippen LogP contribution is 2.37. The van der Waals surface area contributed by atoms with Gasteiger partial charge >= 0.3 is 0 Å². The minimum atomic E-state index is 0.473. The van der Waals surface area contributed by atoms with Gasteiger partial charge in [0.15, 0.2) is 0 Å². The molecule has 1 aliphatic rings. The molecule has 0 aliphatic heterocycles. The first kappa shape index (κ1) is 12.2. The summed E-state index contributed by atoms with van der Waals surface area (Å²) in [5, 5.41) is 3.63. The average molecular weight is 282 g/mol. The van der Waals surface area contributed by atoms with Crippen LogP contribution in [-0.2, 0) is 13.0 Å². The predicted octanol–water partition coefficient (Wildman–Crippen LogP) is 3.27. The van der Waals surface area contributed by atoms with E-state index in [1.807, 2.05) is 18.7 Å². The van der Waals surface area contributed by atoms with Gasteiger partial charge in [-0.1, -0.05) is 11.6 Å². The van der Waals surface area contributed by atoms with Gasteiger partial charge in [-0.2, -0.15) is 0 Å². The molecule has 1 unspecified atom stereocenters. The minimum absolute atomic E-state index is 0.473. The van der Waals surface area contributed by atoms with Gasteiger partial charge in [0.1, 0.15) is 0 Å². The normalized spacial score (nSPS) is 18.8. The summed E-state index contributed by atoms with van der Waals surface area (Å²) in [5.74, 6) is 0. The molecular weight excluding hydrogens is 266 g/mol. The third-order valence-electron chi connectivity index (χ3n) is 3.40. The van der Waals surface area contributed by atoms with Crippen LogP contribution in [0, 0.1) is 0 Å². The van der Waals surface area contributed by atoms with Gasteiger partial charge in [-0.25, -0.2) is 4.98 Å². The second-order valence-corrected chi connectivity index (χ2v) is 6.40. The van der Waals surface area contributed by atoms with Crippen molar-refractivity contribution in [1.82, 2.24) is 14.9 Å². The van der Waals surface area contributed by atoms with E-state index in [1.54, 1.807) is 11.3 Å². The molecule has 2 heterocycles. The van der Waals surface area contributed by atoms with Crippen molar-refractivity contribution in [3.8, 4) is 0 Å². The molecule has 0 radical (unpaired) electrons. The van der Waals surface area contributed by atoms with Gasteiger partial charge in [-0.15, -0.1) is 11.3 Å². The molecular formula is C13H16ClN3S. The molecule has 1 atom stereocenters. The van der Waals surface area contributed by atoms with E-state index in [4.69, 9.17) is 11.6 Å². The molecule has 2 aromatic heterocycles. The molecule has 0 aromatic carbocycles. The molecule has 3 nitrogen and oxygen atoms in total. The summed E-state index contributed by atoms with van der Waals surface area (Å²) in [4.78, 5) is 5.51. The van der Waals surface area contributed by atoms with Crippen molar-refractivity contribution < 1.29 is 0 Å². The third-order valence-corrected chi connectivity index (χ3v) is 4.74. The summed E-state index contributed by atoms with van der Waals surface area (Å²) in [7, 11) is 0. The Kier molecular flexibility index (Phi) is 3.68. The fraction of sp³-hybridized carbons (Fsp3) is 0.462. The zero-order chi connectivity index (χ0) is 12.4. The molecule has 18 heavy (non-hydrogen) atoms. The SMILES string of the molecule is Clc1cc2c(s1)CCCC2NCCn1ccnc1. The van der Waals surface area contributed by atoms with Crippen LogP contribution >= 0.6 is 22.9 Å². The van der Waals surface area contributed by atoms with Crippen LogP contribution < -0.4 is 5.32 Å². The fourth-order valence-corrected chi connectivity index (χ4v) is 3.90. The topological polar surface area (TPSA) is 29.9 Å². The molecule has 0 fully saturated rings. The van der Waals surface area contributed by atoms with Crippen molar-refractivity contribution in [2.75, 3.05) is 6.54 Å². The van der Waals surface area contributed by atoms with Gasteiger partial charge < -0.3 is 9.88 Å². The Hall–Kier alpha value is -0.840. The smallest absolute Gasteiger partial charge is 0.0946 e. The highest BCUT2D eigenvalue weighted by Gasteiger charge is 2.21. The number of halogens is 1. The molecule has 1 N–H and O–H groups in total. The van der Waals surface area contributed by atoms with Crippen molar-refractivity contribution >= 4 is 22.9 Å². The number of hydrogen-bond acceptors (Lipinski definition) is 3. The molecule has 1 aliphatic carbocycles. The van der Waals surface area contributed by atoms with Crippen molar-refractivity contribution in [3.63, 3.8) is 0 Å². The lowest BCUT2D eigenvalue weighted by Crippen LogP contribution is -2.27. The number of thiophene rings is 1. The highest BCUT2D eigenvalue weighted by molar-refractivity contribution is 7.16. The largest absolute Gasteiger partial charge is 0.336 e. The Morgan fingerprint density at radius 3 is 3.33 bits per heavy atom. The van der Waals surface area contributed by atoms with Crippen LogP contribution in [0.15, 0.2) is 24.8 Å². The Labute approximate surface area is 116 Å². The molecule has 0 bridgehead atoms. The Morgan fingerprint density at radius 2 is 2.50 bits per heavy atom. The van der Waals surface area contributed by atoms with Crippen LogP contribution in [0.2, 0.25) is 4.34 Å². The lowest BCUT2D eigenvalue weighted by Gasteiger charge is -2.23. The second-order valence-electron chi connectivity index (χ2n) is 4.63. The number of nitrogens with zero attached hydrogens (tertiary/aromatic N) is 2. The van der Waals surface area contributed by atoms with E-state index < -0.39 is 0 Å². The third kappa shape index (κ3) is 2.60. The Bertz CT molecular complexity index is 506. The molecule has 0 spiro atoms. The van der Waals surface area contributed by atoms with Crippen LogP contribution in [0.4, 0.5) is 0 Å². The first-order valence-electron chi connectivity index (χ1n) is 6.30. The number of hydrogen-bond donors (Lipinski definition) is 1. The van der Waals surface area contributed by atoms with Gasteiger partial charge in [0.2, 0.25) is 0 Å². The monoisotopic (exact) mass is 281 g/mol. The van der Waals surface area contributed by atoms with E-state index in [9.17, 15) is 0 Å². The van der Waals surface area contributed by atoms with Crippen LogP contribution in [0.25, 0.3) is 0 Å². The van der Waals surface area contributed by atoms with E-state index >= 15 is 0 Å². The molecule has 3 rings (SSSR count). The van der Waals surface area contributed by atoms with Crippen LogP contribution in [0.1, 0.15) is 29.3 Å². The Balaban J connectivity index is 1.60. The maximum atomic E-state index is 6.11. The van der Waals surface area contributed by atoms with Crippen molar-refractivity contribution in [2.24, 2.45) is 0 Å². The molecule has 96 valence electrons. The zero-order valence-corrected chi connectivity index (χ0v) is 11.7. The Morgan fingerprint density at radius 1 is 1.56 bits per heavy atom. The number of imidazole rings is 1. The van der Waals surface area contributed by atoms with Gasteiger partial charge in [-0.3, -0.25) is 0 Å². The highest BCUT2D eigenvalue weighted by atomic mass is 35.5. The quantitative estimate of drug-likeness (QED) is 0.932. The zero-order valence-electron chi connectivity index (χ0n) is 10.1. The van der Waals surface area contributed by atoms with Crippen molar-refractivity contribution in [3.05, 3.63) is 39.6 Å². The van der Waals surface area contributed by atoms with E-state index in [0.29, 0.717) is 6.04 Å². The summed E-state index contributed by atoms with van der Waals surface area (Å²) in [6.07, 6.45) is 9.32. The summed E-state index contributed by atoms with van der Waals surface area (Å²) in [5.41, 5.74) is 1.42. The number of aromatic nitrogens is 2. The number of aryl methyl sites for hydroxylation is 1. The minimum Gasteiger partial charge on any atom is -0.336 e. The van der Waals surface area contributed by atoms with Gasteiger partial charge in [-0.05, 0) is 30.9 Å². The number of fused-ring (bicyclic) bond motifs is 1. The average Bonchev–Trinajstić information content (AvgIpc) is 2.97. The lowest BCUT2D eigenvalue weighted by molar-refractivity contribution is 0.449. The van der Waals surface area contributed by atoms with Gasteiger partial charge in [0.05, 0.1) is 10.7 Å². The van der Waals surface area contributed by atoms with E-state index in [1.165, 1.54) is 29.7 Å². The predicted molar refractivity (Wildman–Crippen MR) is 75.2 cm³/mol. The molecule has 0 amide bonds. The van der Waals surface area contributed by atoms with Crippen molar-refractivity contribution in [1.29, 1.82) is 0 Å². The van der Waals surface area contributed by atoms with Crippen molar-refractivity contribution in [2.45, 2.75) is 31.8 Å². The summed E-state index contributed by atoms with van der Waals surface area (Å²) in [6, 6.07) is 2.61. The van der Waals surface area contributed by atoms with E-state index in [2.05, 4.69) is 20.9 Å². The second kappa shape index (κ2) is 5.43. The fourth-order valence-electron chi connectivity index (χ4n) is 2.52. The summed E-state index contributed by atoms with van der Waals surface area (Å²) in [6.45, 7) is 1.93. The summed E-state index contributed by atoms with van der Waals surface area (Å²) >= 11 is 7.85. The van der Waals surface area contributed by atoms with Crippen LogP contribution in [-0.4, -0.2) is 16.1 Å². The molecule has 5 heteroatoms. The molecule has 0 saturated heterocycles. The van der Waals surface area contributed by atoms with E-state index in [0.717, 1.165) is 17.4 Å². The maximum absolute atomic E-state index is 6.11. The van der Waals surface area contributed by atoms with Crippen LogP contribution in [0.3, 0.4) is 0 Å². The number of rotatable bonds is 4. The molecule has 2 aromatic rings. The summed E-state index contributed by atoms with van der Waals surface area (Å²) < 4.78 is 3.01. The van der Waals surface area contributed by atoms with E-state index in [-0.39, 0.29) is 0 Å².